The van der Waals surface area contributed by atoms with E-state index in [0.717, 1.165) is 35.4 Å². The molecule has 0 aliphatic carbocycles. The number of aliphatic carboxylic acids is 1. The second-order valence-electron chi connectivity index (χ2n) is 6.15. The lowest BCUT2D eigenvalue weighted by molar-refractivity contribution is -0.137. The Kier molecular flexibility index (Phi) is 6.04. The Bertz CT molecular complexity index is 827. The Morgan fingerprint density at radius 1 is 1.00 bits per heavy atom. The number of aryl methyl sites for hydroxylation is 1. The Balaban J connectivity index is 1.56. The van der Waals surface area contributed by atoms with Crippen molar-refractivity contribution in [1.29, 1.82) is 0 Å². The molecule has 0 radical (unpaired) electrons. The number of hydrogen-bond donors (Lipinski definition) is 2. The predicted molar refractivity (Wildman–Crippen MR) is 100.0 cm³/mol. The molecule has 2 N–H and O–H groups in total. The zero-order valence-corrected chi connectivity index (χ0v) is 14.5. The van der Waals surface area contributed by atoms with Gasteiger partial charge in [0, 0.05) is 12.6 Å². The van der Waals surface area contributed by atoms with Crippen molar-refractivity contribution in [2.75, 3.05) is 0 Å². The lowest BCUT2D eigenvalue weighted by Crippen LogP contribution is -2.01. The highest BCUT2D eigenvalue weighted by atomic mass is 16.5. The Morgan fingerprint density at radius 3 is 2.46 bits per heavy atom. The fourth-order valence-corrected chi connectivity index (χ4v) is 2.84. The summed E-state index contributed by atoms with van der Waals surface area (Å²) in [5, 5.41) is 15.6. The van der Waals surface area contributed by atoms with Crippen LogP contribution >= 0.6 is 0 Å². The van der Waals surface area contributed by atoms with Crippen molar-refractivity contribution in [2.24, 2.45) is 0 Å². The summed E-state index contributed by atoms with van der Waals surface area (Å²) in [6, 6.07) is 18.0. The Labute approximate surface area is 152 Å². The summed E-state index contributed by atoms with van der Waals surface area (Å²) in [5.41, 5.74) is 4.39. The fraction of sp³-hybridized carbons (Fsp3) is 0.238. The summed E-state index contributed by atoms with van der Waals surface area (Å²) >= 11 is 0. The molecular weight excluding hydrogens is 328 g/mol. The van der Waals surface area contributed by atoms with Crippen LogP contribution in [0.3, 0.4) is 0 Å². The van der Waals surface area contributed by atoms with Crippen LogP contribution in [0.1, 0.15) is 30.4 Å². The summed E-state index contributed by atoms with van der Waals surface area (Å²) in [6.45, 7) is 0.499. The van der Waals surface area contributed by atoms with Gasteiger partial charge in [0.1, 0.15) is 12.4 Å². The van der Waals surface area contributed by atoms with Crippen LogP contribution in [-0.4, -0.2) is 21.3 Å². The fourth-order valence-electron chi connectivity index (χ4n) is 2.84. The van der Waals surface area contributed by atoms with Gasteiger partial charge in [0.2, 0.25) is 0 Å². The molecule has 1 heterocycles. The monoisotopic (exact) mass is 350 g/mol. The molecule has 0 aliphatic rings. The number of nitrogens with one attached hydrogen (secondary N) is 1. The summed E-state index contributed by atoms with van der Waals surface area (Å²) in [4.78, 5) is 10.6. The molecule has 0 atom stereocenters. The Hall–Kier alpha value is -3.08. The maximum absolute atomic E-state index is 10.6. The molecule has 3 aromatic rings. The first-order valence-corrected chi connectivity index (χ1v) is 8.73. The highest BCUT2D eigenvalue weighted by molar-refractivity contribution is 5.66. The molecule has 3 rings (SSSR count). The number of benzene rings is 2. The van der Waals surface area contributed by atoms with Gasteiger partial charge in [-0.1, -0.05) is 24.3 Å². The van der Waals surface area contributed by atoms with Crippen molar-refractivity contribution in [1.82, 2.24) is 10.2 Å². The summed E-state index contributed by atoms with van der Waals surface area (Å²) in [6.07, 6.45) is 4.38. The van der Waals surface area contributed by atoms with E-state index in [9.17, 15) is 4.79 Å². The topological polar surface area (TPSA) is 75.2 Å². The lowest BCUT2D eigenvalue weighted by atomic mass is 10.0. The quantitative estimate of drug-likeness (QED) is 0.559. The number of unbranched alkanes of at least 4 members (excludes halogenated alkanes) is 1. The number of H-pyrrole nitrogens is 1. The number of nitrogens with zero attached hydrogens (tertiary/aromatic N) is 1. The molecule has 0 amide bonds. The molecule has 134 valence electrons. The van der Waals surface area contributed by atoms with E-state index in [-0.39, 0.29) is 6.42 Å². The third kappa shape index (κ3) is 4.96. The second-order valence-corrected chi connectivity index (χ2v) is 6.15. The number of carboxylic acid groups (broad SMARTS) is 1. The van der Waals surface area contributed by atoms with Crippen molar-refractivity contribution in [2.45, 2.75) is 32.3 Å². The van der Waals surface area contributed by atoms with Crippen LogP contribution in [0.15, 0.2) is 60.8 Å². The van der Waals surface area contributed by atoms with Gasteiger partial charge in [0.15, 0.2) is 0 Å². The Morgan fingerprint density at radius 2 is 1.77 bits per heavy atom. The van der Waals surface area contributed by atoms with E-state index in [0.29, 0.717) is 13.0 Å². The van der Waals surface area contributed by atoms with Crippen LogP contribution in [-0.2, 0) is 17.8 Å². The zero-order chi connectivity index (χ0) is 18.2. The number of ether oxygens (including phenoxy) is 1. The lowest BCUT2D eigenvalue weighted by Gasteiger charge is -2.11. The average molecular weight is 350 g/mol. The number of carbonyl (C=O) groups is 1. The van der Waals surface area contributed by atoms with Crippen LogP contribution in [0.4, 0.5) is 0 Å². The molecule has 0 spiro atoms. The number of aromatic nitrogens is 2. The van der Waals surface area contributed by atoms with Crippen LogP contribution in [0.2, 0.25) is 0 Å². The maximum Gasteiger partial charge on any atom is 0.303 e. The van der Waals surface area contributed by atoms with E-state index in [1.54, 1.807) is 6.20 Å². The minimum atomic E-state index is -0.736. The molecule has 0 fully saturated rings. The molecule has 2 aromatic carbocycles. The standard InChI is InChI=1S/C21H22N2O3/c24-21(25)8-4-3-6-16-5-1-2-7-18(16)15-26-19-11-9-17(10-12-19)20-13-14-22-23-20/h1-2,5,7,9-14H,3-4,6,8,15H2,(H,22,23)(H,24,25). The molecular formula is C21H22N2O3. The first kappa shape index (κ1) is 17.7. The SMILES string of the molecule is O=C(O)CCCCc1ccccc1COc1ccc(-c2ccn[nH]2)cc1. The van der Waals surface area contributed by atoms with Crippen molar-refractivity contribution in [3.8, 4) is 17.0 Å². The predicted octanol–water partition coefficient (Wildman–Crippen LogP) is 4.45. The third-order valence-electron chi connectivity index (χ3n) is 4.27. The second kappa shape index (κ2) is 8.85. The van der Waals surface area contributed by atoms with E-state index in [1.165, 1.54) is 5.56 Å². The van der Waals surface area contributed by atoms with Gasteiger partial charge in [0.25, 0.3) is 0 Å². The largest absolute Gasteiger partial charge is 0.489 e. The van der Waals surface area contributed by atoms with Gasteiger partial charge < -0.3 is 9.84 Å². The number of carboxylic acids is 1. The van der Waals surface area contributed by atoms with Crippen LogP contribution in [0.5, 0.6) is 5.75 Å². The smallest absolute Gasteiger partial charge is 0.303 e. The van der Waals surface area contributed by atoms with Crippen molar-refractivity contribution < 1.29 is 14.6 Å². The normalized spacial score (nSPS) is 10.6. The van der Waals surface area contributed by atoms with E-state index in [2.05, 4.69) is 22.3 Å². The maximum atomic E-state index is 10.6. The summed E-state index contributed by atoms with van der Waals surface area (Å²) in [5.74, 6) is 0.0779. The summed E-state index contributed by atoms with van der Waals surface area (Å²) < 4.78 is 5.93. The average Bonchev–Trinajstić information content (AvgIpc) is 3.19. The molecule has 5 nitrogen and oxygen atoms in total. The minimum Gasteiger partial charge on any atom is -0.489 e. The van der Waals surface area contributed by atoms with E-state index < -0.39 is 5.97 Å². The van der Waals surface area contributed by atoms with Gasteiger partial charge in [-0.3, -0.25) is 9.89 Å². The molecule has 1 aromatic heterocycles. The van der Waals surface area contributed by atoms with Crippen LogP contribution in [0.25, 0.3) is 11.3 Å². The summed E-state index contributed by atoms with van der Waals surface area (Å²) in [7, 11) is 0. The number of rotatable bonds is 9. The van der Waals surface area contributed by atoms with Gasteiger partial charge >= 0.3 is 5.97 Å². The van der Waals surface area contributed by atoms with Gasteiger partial charge in [-0.25, -0.2) is 0 Å². The minimum absolute atomic E-state index is 0.224. The number of aromatic amines is 1. The van der Waals surface area contributed by atoms with Crippen molar-refractivity contribution in [3.63, 3.8) is 0 Å². The third-order valence-corrected chi connectivity index (χ3v) is 4.27. The van der Waals surface area contributed by atoms with E-state index in [4.69, 9.17) is 9.84 Å². The van der Waals surface area contributed by atoms with E-state index in [1.807, 2.05) is 42.5 Å². The van der Waals surface area contributed by atoms with Crippen LogP contribution in [0, 0.1) is 0 Å². The molecule has 26 heavy (non-hydrogen) atoms. The molecule has 0 saturated carbocycles. The molecule has 0 aliphatic heterocycles. The highest BCUT2D eigenvalue weighted by Crippen LogP contribution is 2.22. The van der Waals surface area contributed by atoms with Gasteiger partial charge in [-0.2, -0.15) is 5.10 Å². The zero-order valence-electron chi connectivity index (χ0n) is 14.5. The van der Waals surface area contributed by atoms with Crippen LogP contribution < -0.4 is 4.74 Å². The van der Waals surface area contributed by atoms with Gasteiger partial charge in [-0.15, -0.1) is 0 Å². The highest BCUT2D eigenvalue weighted by Gasteiger charge is 2.05. The molecule has 0 saturated heterocycles. The van der Waals surface area contributed by atoms with Gasteiger partial charge in [-0.05, 0) is 66.3 Å². The molecule has 0 unspecified atom stereocenters. The van der Waals surface area contributed by atoms with E-state index >= 15 is 0 Å². The first-order chi connectivity index (χ1) is 12.7. The first-order valence-electron chi connectivity index (χ1n) is 8.73. The molecule has 5 heteroatoms. The number of hydrogen-bond acceptors (Lipinski definition) is 3. The van der Waals surface area contributed by atoms with Crippen molar-refractivity contribution in [3.05, 3.63) is 71.9 Å². The van der Waals surface area contributed by atoms with Gasteiger partial charge in [0.05, 0.1) is 5.69 Å². The van der Waals surface area contributed by atoms with Crippen molar-refractivity contribution >= 4 is 5.97 Å². The molecule has 0 bridgehead atoms.